The maximum atomic E-state index is 5.37. The van der Waals surface area contributed by atoms with Gasteiger partial charge in [-0.25, -0.2) is 9.97 Å². The summed E-state index contributed by atoms with van der Waals surface area (Å²) in [5.41, 5.74) is 19.0. The van der Waals surface area contributed by atoms with Gasteiger partial charge in [0.15, 0.2) is 5.82 Å². The van der Waals surface area contributed by atoms with Crippen molar-refractivity contribution in [2.24, 2.45) is 0 Å². The minimum Gasteiger partial charge on any atom is -0.228 e. The number of fused-ring (bicyclic) bond motifs is 4. The summed E-state index contributed by atoms with van der Waals surface area (Å²) in [6.45, 7) is 0. The molecule has 65 heavy (non-hydrogen) atoms. The van der Waals surface area contributed by atoms with Gasteiger partial charge in [0.05, 0.1) is 16.8 Å². The van der Waals surface area contributed by atoms with Crippen LogP contribution in [0.2, 0.25) is 0 Å². The van der Waals surface area contributed by atoms with Crippen LogP contribution in [0.4, 0.5) is 0 Å². The van der Waals surface area contributed by atoms with Gasteiger partial charge in [-0.1, -0.05) is 243 Å². The normalized spacial score (nSPS) is 12.4. The van der Waals surface area contributed by atoms with Gasteiger partial charge in [0.2, 0.25) is 0 Å². The number of benzene rings is 10. The van der Waals surface area contributed by atoms with Gasteiger partial charge < -0.3 is 0 Å². The molecule has 304 valence electrons. The average Bonchev–Trinajstić information content (AvgIpc) is 3.71. The fourth-order valence-electron chi connectivity index (χ4n) is 10.4. The molecular formula is C63H42N2. The average molecular weight is 827 g/mol. The second-order valence-electron chi connectivity index (χ2n) is 16.8. The molecule has 0 fully saturated rings. The van der Waals surface area contributed by atoms with Crippen molar-refractivity contribution in [1.29, 1.82) is 0 Å². The predicted molar refractivity (Wildman–Crippen MR) is 269 cm³/mol. The van der Waals surface area contributed by atoms with Crippen LogP contribution in [0, 0.1) is 0 Å². The third-order valence-corrected chi connectivity index (χ3v) is 13.2. The van der Waals surface area contributed by atoms with Crippen molar-refractivity contribution in [3.63, 3.8) is 0 Å². The first-order valence-corrected chi connectivity index (χ1v) is 22.3. The summed E-state index contributed by atoms with van der Waals surface area (Å²) in [6, 6.07) is 91.9. The topological polar surface area (TPSA) is 25.8 Å². The van der Waals surface area contributed by atoms with Gasteiger partial charge in [0.1, 0.15) is 0 Å². The SMILES string of the molecule is c1ccc(-c2nc(-c3ccc(-c4ccccc4)c(-c4ccccc4)c3)cc(-c3ccc(-c4cccc5c4C(c4ccccc4)(c4ccccc4)c4ccccc4-5)c4ccccc34)n2)cc1. The third-order valence-electron chi connectivity index (χ3n) is 13.2. The van der Waals surface area contributed by atoms with Crippen LogP contribution in [0.1, 0.15) is 22.3 Å². The van der Waals surface area contributed by atoms with Gasteiger partial charge in [-0.05, 0) is 89.7 Å². The van der Waals surface area contributed by atoms with Crippen LogP contribution < -0.4 is 0 Å². The van der Waals surface area contributed by atoms with Crippen molar-refractivity contribution in [3.8, 4) is 78.4 Å². The van der Waals surface area contributed by atoms with E-state index in [9.17, 15) is 0 Å². The van der Waals surface area contributed by atoms with Crippen molar-refractivity contribution < 1.29 is 0 Å². The Morgan fingerprint density at radius 3 is 1.37 bits per heavy atom. The van der Waals surface area contributed by atoms with E-state index in [1.165, 1.54) is 61.0 Å². The lowest BCUT2D eigenvalue weighted by atomic mass is 9.66. The minimum atomic E-state index is -0.536. The third kappa shape index (κ3) is 6.41. The molecule has 2 heteroatoms. The molecule has 0 bridgehead atoms. The van der Waals surface area contributed by atoms with Crippen molar-refractivity contribution in [2.75, 3.05) is 0 Å². The molecule has 10 aromatic carbocycles. The Hall–Kier alpha value is -8.46. The zero-order valence-corrected chi connectivity index (χ0v) is 35.6. The van der Waals surface area contributed by atoms with Gasteiger partial charge in [0, 0.05) is 16.7 Å². The van der Waals surface area contributed by atoms with Crippen LogP contribution in [-0.4, -0.2) is 9.97 Å². The Kier molecular flexibility index (Phi) is 9.43. The molecule has 1 aliphatic carbocycles. The smallest absolute Gasteiger partial charge is 0.160 e. The number of nitrogens with zero attached hydrogens (tertiary/aromatic N) is 2. The van der Waals surface area contributed by atoms with E-state index < -0.39 is 5.41 Å². The van der Waals surface area contributed by atoms with E-state index in [1.807, 2.05) is 6.07 Å². The van der Waals surface area contributed by atoms with Crippen LogP contribution in [-0.2, 0) is 5.41 Å². The Morgan fingerprint density at radius 1 is 0.262 bits per heavy atom. The molecule has 0 aliphatic heterocycles. The summed E-state index contributed by atoms with van der Waals surface area (Å²) in [5.74, 6) is 0.689. The fourth-order valence-corrected chi connectivity index (χ4v) is 10.4. The van der Waals surface area contributed by atoms with E-state index in [4.69, 9.17) is 9.97 Å². The molecule has 1 aromatic heterocycles. The van der Waals surface area contributed by atoms with Gasteiger partial charge in [-0.15, -0.1) is 0 Å². The molecule has 1 aliphatic rings. The van der Waals surface area contributed by atoms with Crippen molar-refractivity contribution >= 4 is 10.8 Å². The van der Waals surface area contributed by atoms with Crippen molar-refractivity contribution in [3.05, 3.63) is 277 Å². The maximum absolute atomic E-state index is 5.37. The number of aromatic nitrogens is 2. The van der Waals surface area contributed by atoms with E-state index in [2.05, 4.69) is 249 Å². The lowest BCUT2D eigenvalue weighted by molar-refractivity contribution is 0.770. The summed E-state index contributed by atoms with van der Waals surface area (Å²) < 4.78 is 0. The zero-order valence-electron chi connectivity index (χ0n) is 35.6. The van der Waals surface area contributed by atoms with E-state index in [-0.39, 0.29) is 0 Å². The van der Waals surface area contributed by atoms with Crippen molar-refractivity contribution in [2.45, 2.75) is 5.41 Å². The summed E-state index contributed by atoms with van der Waals surface area (Å²) in [6.07, 6.45) is 0. The van der Waals surface area contributed by atoms with Gasteiger partial charge >= 0.3 is 0 Å². The number of rotatable bonds is 8. The predicted octanol–water partition coefficient (Wildman–Crippen LogP) is 16.0. The molecule has 0 spiro atoms. The molecule has 0 radical (unpaired) electrons. The lowest BCUT2D eigenvalue weighted by Crippen LogP contribution is -2.29. The molecule has 0 saturated carbocycles. The van der Waals surface area contributed by atoms with Crippen LogP contribution in [0.3, 0.4) is 0 Å². The van der Waals surface area contributed by atoms with Crippen molar-refractivity contribution in [1.82, 2.24) is 9.97 Å². The summed E-state index contributed by atoms with van der Waals surface area (Å²) in [7, 11) is 0. The van der Waals surface area contributed by atoms with E-state index >= 15 is 0 Å². The molecule has 0 saturated heterocycles. The van der Waals surface area contributed by atoms with E-state index in [1.54, 1.807) is 0 Å². The summed E-state index contributed by atoms with van der Waals surface area (Å²) >= 11 is 0. The second-order valence-corrected chi connectivity index (χ2v) is 16.8. The van der Waals surface area contributed by atoms with Gasteiger partial charge in [-0.2, -0.15) is 0 Å². The van der Waals surface area contributed by atoms with Crippen LogP contribution in [0.5, 0.6) is 0 Å². The summed E-state index contributed by atoms with van der Waals surface area (Å²) in [5, 5.41) is 2.31. The standard InChI is InChI=1S/C63H42N2/c1-6-21-43(22-7-1)49-38-37-46(41-57(49)44-23-8-2-9-24-44)59-42-60(65-62(64-59)45-25-10-3-11-26-45)54-40-39-52(50-31-16-17-32-51(50)54)55-34-20-35-56-53-33-18-19-36-58(53)63(61(55)56,47-27-12-4-13-28-47)48-29-14-5-15-30-48/h1-42H. The van der Waals surface area contributed by atoms with E-state index in [0.29, 0.717) is 5.82 Å². The molecule has 2 nitrogen and oxygen atoms in total. The zero-order chi connectivity index (χ0) is 43.2. The Balaban J connectivity index is 1.08. The molecule has 0 atom stereocenters. The molecule has 0 unspecified atom stereocenters. The van der Waals surface area contributed by atoms with Gasteiger partial charge in [0.25, 0.3) is 0 Å². The van der Waals surface area contributed by atoms with Crippen LogP contribution in [0.15, 0.2) is 255 Å². The Morgan fingerprint density at radius 2 is 0.723 bits per heavy atom. The first-order valence-electron chi connectivity index (χ1n) is 22.3. The molecular weight excluding hydrogens is 785 g/mol. The van der Waals surface area contributed by atoms with Crippen LogP contribution in [0.25, 0.3) is 89.2 Å². The highest BCUT2D eigenvalue weighted by Crippen LogP contribution is 2.59. The first kappa shape index (κ1) is 38.2. The minimum absolute atomic E-state index is 0.536. The monoisotopic (exact) mass is 826 g/mol. The molecule has 12 rings (SSSR count). The second kappa shape index (κ2) is 16.0. The highest BCUT2D eigenvalue weighted by molar-refractivity contribution is 6.07. The lowest BCUT2D eigenvalue weighted by Gasteiger charge is -2.35. The number of hydrogen-bond acceptors (Lipinski definition) is 2. The number of hydrogen-bond donors (Lipinski definition) is 0. The fraction of sp³-hybridized carbons (Fsp3) is 0.0159. The quantitative estimate of drug-likeness (QED) is 0.152. The highest BCUT2D eigenvalue weighted by atomic mass is 14.9. The highest BCUT2D eigenvalue weighted by Gasteiger charge is 2.47. The largest absolute Gasteiger partial charge is 0.228 e. The molecule has 11 aromatic rings. The van der Waals surface area contributed by atoms with E-state index in [0.717, 1.165) is 44.6 Å². The molecule has 0 amide bonds. The first-order chi connectivity index (χ1) is 32.3. The summed E-state index contributed by atoms with van der Waals surface area (Å²) in [4.78, 5) is 10.7. The van der Waals surface area contributed by atoms with Gasteiger partial charge in [-0.3, -0.25) is 0 Å². The van der Waals surface area contributed by atoms with Crippen LogP contribution >= 0.6 is 0 Å². The maximum Gasteiger partial charge on any atom is 0.160 e. The Labute approximate surface area is 379 Å². The Bertz CT molecular complexity index is 3470. The molecule has 0 N–H and O–H groups in total. The molecule has 1 heterocycles.